The number of benzene rings is 1. The number of rotatable bonds is 3. The van der Waals surface area contributed by atoms with E-state index in [9.17, 15) is 4.79 Å². The predicted octanol–water partition coefficient (Wildman–Crippen LogP) is 3.66. The van der Waals surface area contributed by atoms with Crippen molar-refractivity contribution in [2.75, 3.05) is 0 Å². The third-order valence-corrected chi connectivity index (χ3v) is 3.52. The van der Waals surface area contributed by atoms with Crippen molar-refractivity contribution in [1.82, 2.24) is 10.6 Å². The van der Waals surface area contributed by atoms with Crippen molar-refractivity contribution in [2.45, 2.75) is 31.7 Å². The van der Waals surface area contributed by atoms with Gasteiger partial charge >= 0.3 is 6.03 Å². The second kappa shape index (κ2) is 6.59. The van der Waals surface area contributed by atoms with Crippen LogP contribution in [0.25, 0.3) is 6.08 Å². The van der Waals surface area contributed by atoms with E-state index in [0.29, 0.717) is 6.04 Å². The van der Waals surface area contributed by atoms with Crippen molar-refractivity contribution < 1.29 is 4.79 Å². The molecule has 0 radical (unpaired) electrons. The number of nitrogens with one attached hydrogen (secondary N) is 2. The molecule has 0 spiro atoms. The van der Waals surface area contributed by atoms with Gasteiger partial charge in [0.1, 0.15) is 0 Å². The molecule has 1 aliphatic carbocycles. The van der Waals surface area contributed by atoms with Crippen LogP contribution < -0.4 is 10.6 Å². The second-order valence-electron chi connectivity index (χ2n) is 4.49. The Morgan fingerprint density at radius 2 is 2.11 bits per heavy atom. The van der Waals surface area contributed by atoms with Gasteiger partial charge in [-0.1, -0.05) is 40.9 Å². The molecule has 2 N–H and O–H groups in total. The molecule has 0 atom stereocenters. The standard InChI is InChI=1S/C14H17BrN2O/c15-12-5-3-4-11(10-12)8-9-16-14(18)17-13-6-1-2-7-13/h3-5,8-10,13H,1-2,6-7H2,(H2,16,17,18)/b9-8+. The van der Waals surface area contributed by atoms with E-state index in [-0.39, 0.29) is 6.03 Å². The van der Waals surface area contributed by atoms with E-state index in [2.05, 4.69) is 26.6 Å². The van der Waals surface area contributed by atoms with Gasteiger partial charge in [0.15, 0.2) is 0 Å². The summed E-state index contributed by atoms with van der Waals surface area (Å²) in [4.78, 5) is 11.6. The predicted molar refractivity (Wildman–Crippen MR) is 77.1 cm³/mol. The normalized spacial score (nSPS) is 16.1. The van der Waals surface area contributed by atoms with Crippen molar-refractivity contribution in [2.24, 2.45) is 0 Å². The van der Waals surface area contributed by atoms with Crippen LogP contribution >= 0.6 is 15.9 Å². The number of hydrogen-bond donors (Lipinski definition) is 2. The van der Waals surface area contributed by atoms with Crippen LogP contribution in [0.15, 0.2) is 34.9 Å². The highest BCUT2D eigenvalue weighted by Gasteiger charge is 2.16. The molecule has 0 unspecified atom stereocenters. The Labute approximate surface area is 116 Å². The highest BCUT2D eigenvalue weighted by atomic mass is 79.9. The minimum absolute atomic E-state index is 0.117. The highest BCUT2D eigenvalue weighted by molar-refractivity contribution is 9.10. The maximum Gasteiger partial charge on any atom is 0.318 e. The molecule has 1 saturated carbocycles. The molecule has 2 amide bonds. The van der Waals surface area contributed by atoms with Gasteiger partial charge in [-0.3, -0.25) is 0 Å². The summed E-state index contributed by atoms with van der Waals surface area (Å²) in [6.07, 6.45) is 8.19. The molecule has 0 aromatic heterocycles. The number of carbonyl (C=O) groups is 1. The lowest BCUT2D eigenvalue weighted by Gasteiger charge is -2.10. The molecule has 0 bridgehead atoms. The van der Waals surface area contributed by atoms with Crippen LogP contribution in [-0.2, 0) is 0 Å². The number of amides is 2. The molecule has 4 heteroatoms. The summed E-state index contributed by atoms with van der Waals surface area (Å²) in [5, 5.41) is 5.70. The van der Waals surface area contributed by atoms with Crippen molar-refractivity contribution in [1.29, 1.82) is 0 Å². The molecule has 96 valence electrons. The Kier molecular flexibility index (Phi) is 4.81. The fourth-order valence-electron chi connectivity index (χ4n) is 2.12. The van der Waals surface area contributed by atoms with Crippen LogP contribution in [0.5, 0.6) is 0 Å². The van der Waals surface area contributed by atoms with E-state index in [4.69, 9.17) is 0 Å². The zero-order chi connectivity index (χ0) is 12.8. The third-order valence-electron chi connectivity index (χ3n) is 3.03. The monoisotopic (exact) mass is 308 g/mol. The molecule has 0 saturated heterocycles. The Balaban J connectivity index is 1.78. The first-order valence-electron chi connectivity index (χ1n) is 6.23. The van der Waals surface area contributed by atoms with Gasteiger partial charge < -0.3 is 10.6 Å². The van der Waals surface area contributed by atoms with Crippen molar-refractivity contribution in [3.8, 4) is 0 Å². The van der Waals surface area contributed by atoms with Gasteiger partial charge in [0.2, 0.25) is 0 Å². The van der Waals surface area contributed by atoms with Gasteiger partial charge in [-0.25, -0.2) is 4.79 Å². The smallest absolute Gasteiger partial charge is 0.318 e. The van der Waals surface area contributed by atoms with Crippen molar-refractivity contribution in [3.05, 3.63) is 40.5 Å². The topological polar surface area (TPSA) is 41.1 Å². The van der Waals surface area contributed by atoms with E-state index < -0.39 is 0 Å². The molecule has 0 aliphatic heterocycles. The quantitative estimate of drug-likeness (QED) is 0.879. The summed E-state index contributed by atoms with van der Waals surface area (Å²) in [6, 6.07) is 8.14. The number of carbonyl (C=O) groups excluding carboxylic acids is 1. The molecular weight excluding hydrogens is 292 g/mol. The maximum atomic E-state index is 11.6. The summed E-state index contributed by atoms with van der Waals surface area (Å²) in [7, 11) is 0. The Bertz CT molecular complexity index is 439. The van der Waals surface area contributed by atoms with Crippen LogP contribution in [0, 0.1) is 0 Å². The Hall–Kier alpha value is -1.29. The molecule has 3 nitrogen and oxygen atoms in total. The molecule has 18 heavy (non-hydrogen) atoms. The van der Waals surface area contributed by atoms with E-state index >= 15 is 0 Å². The zero-order valence-corrected chi connectivity index (χ0v) is 11.7. The molecule has 2 rings (SSSR count). The summed E-state index contributed by atoms with van der Waals surface area (Å²) in [5.41, 5.74) is 1.05. The van der Waals surface area contributed by atoms with Crippen LogP contribution in [0.3, 0.4) is 0 Å². The molecule has 1 fully saturated rings. The van der Waals surface area contributed by atoms with Crippen LogP contribution in [0.2, 0.25) is 0 Å². The summed E-state index contributed by atoms with van der Waals surface area (Å²) < 4.78 is 1.03. The van der Waals surface area contributed by atoms with Crippen LogP contribution in [-0.4, -0.2) is 12.1 Å². The third kappa shape index (κ3) is 4.18. The summed E-state index contributed by atoms with van der Waals surface area (Å²) in [6.45, 7) is 0. The molecule has 1 aromatic rings. The highest BCUT2D eigenvalue weighted by Crippen LogP contribution is 2.17. The minimum atomic E-state index is -0.117. The fourth-order valence-corrected chi connectivity index (χ4v) is 2.54. The largest absolute Gasteiger partial charge is 0.335 e. The lowest BCUT2D eigenvalue weighted by Crippen LogP contribution is -2.38. The first kappa shape index (κ1) is 13.1. The van der Waals surface area contributed by atoms with E-state index in [1.807, 2.05) is 30.3 Å². The first-order chi connectivity index (χ1) is 8.74. The SMILES string of the molecule is O=C(N/C=C/c1cccc(Br)c1)NC1CCCC1. The van der Waals surface area contributed by atoms with E-state index in [0.717, 1.165) is 22.9 Å². The number of hydrogen-bond acceptors (Lipinski definition) is 1. The first-order valence-corrected chi connectivity index (χ1v) is 7.02. The van der Waals surface area contributed by atoms with Crippen LogP contribution in [0.1, 0.15) is 31.2 Å². The minimum Gasteiger partial charge on any atom is -0.335 e. The van der Waals surface area contributed by atoms with Crippen LogP contribution in [0.4, 0.5) is 4.79 Å². The van der Waals surface area contributed by atoms with E-state index in [1.165, 1.54) is 12.8 Å². The van der Waals surface area contributed by atoms with E-state index in [1.54, 1.807) is 6.20 Å². The molecule has 0 heterocycles. The molecule has 1 aromatic carbocycles. The fraction of sp³-hybridized carbons (Fsp3) is 0.357. The average molecular weight is 309 g/mol. The Morgan fingerprint density at radius 1 is 1.33 bits per heavy atom. The van der Waals surface area contributed by atoms with Gasteiger partial charge in [0, 0.05) is 16.7 Å². The van der Waals surface area contributed by atoms with Gasteiger partial charge in [0.05, 0.1) is 0 Å². The maximum absolute atomic E-state index is 11.6. The lowest BCUT2D eigenvalue weighted by molar-refractivity contribution is 0.240. The summed E-state index contributed by atoms with van der Waals surface area (Å²) in [5.74, 6) is 0. The summed E-state index contributed by atoms with van der Waals surface area (Å²) >= 11 is 3.41. The van der Waals surface area contributed by atoms with Gasteiger partial charge in [0.25, 0.3) is 0 Å². The average Bonchev–Trinajstić information content (AvgIpc) is 2.82. The van der Waals surface area contributed by atoms with Crippen molar-refractivity contribution in [3.63, 3.8) is 0 Å². The Morgan fingerprint density at radius 3 is 2.83 bits per heavy atom. The zero-order valence-electron chi connectivity index (χ0n) is 10.2. The number of halogens is 1. The van der Waals surface area contributed by atoms with Gasteiger partial charge in [-0.15, -0.1) is 0 Å². The second-order valence-corrected chi connectivity index (χ2v) is 5.40. The number of urea groups is 1. The lowest BCUT2D eigenvalue weighted by atomic mass is 10.2. The molecular formula is C14H17BrN2O. The van der Waals surface area contributed by atoms with Gasteiger partial charge in [-0.05, 0) is 36.6 Å². The van der Waals surface area contributed by atoms with Gasteiger partial charge in [-0.2, -0.15) is 0 Å². The molecule has 1 aliphatic rings. The van der Waals surface area contributed by atoms with Crippen molar-refractivity contribution >= 4 is 28.0 Å².